The number of amides is 2. The molecule has 0 heterocycles. The van der Waals surface area contributed by atoms with E-state index in [2.05, 4.69) is 19.2 Å². The Hall–Kier alpha value is -1.69. The van der Waals surface area contributed by atoms with Gasteiger partial charge in [-0.1, -0.05) is 56.1 Å². The number of thioether (sulfide) groups is 1. The van der Waals surface area contributed by atoms with Crippen LogP contribution in [0.15, 0.2) is 53.4 Å². The summed E-state index contributed by atoms with van der Waals surface area (Å²) in [6.45, 7) is 7.02. The first kappa shape index (κ1) is 26.6. The highest BCUT2D eigenvalue weighted by molar-refractivity contribution is 7.99. The van der Waals surface area contributed by atoms with Crippen LogP contribution in [0.4, 0.5) is 0 Å². The normalized spacial score (nSPS) is 11.9. The maximum absolute atomic E-state index is 13.2. The number of nitrogens with one attached hydrogen (secondary N) is 1. The Balaban J connectivity index is 2.03. The van der Waals surface area contributed by atoms with Crippen LogP contribution >= 0.6 is 35.0 Å². The second kappa shape index (κ2) is 13.8. The number of carbonyl (C=O) groups is 2. The molecule has 0 saturated heterocycles. The van der Waals surface area contributed by atoms with Crippen molar-refractivity contribution in [3.63, 3.8) is 0 Å². The molecule has 0 aliphatic heterocycles. The average molecular weight is 496 g/mol. The van der Waals surface area contributed by atoms with Crippen LogP contribution in [-0.4, -0.2) is 35.1 Å². The van der Waals surface area contributed by atoms with Gasteiger partial charge in [0.2, 0.25) is 11.8 Å². The lowest BCUT2D eigenvalue weighted by atomic mass is 10.1. The third-order valence-corrected chi connectivity index (χ3v) is 6.56. The number of carbonyl (C=O) groups excluding carboxylic acids is 2. The quantitative estimate of drug-likeness (QED) is 0.272. The van der Waals surface area contributed by atoms with Crippen molar-refractivity contribution in [2.75, 3.05) is 12.3 Å². The van der Waals surface area contributed by atoms with Gasteiger partial charge in [0.1, 0.15) is 6.04 Å². The van der Waals surface area contributed by atoms with E-state index in [1.165, 1.54) is 0 Å². The summed E-state index contributed by atoms with van der Waals surface area (Å²) in [4.78, 5) is 28.9. The highest BCUT2D eigenvalue weighted by Crippen LogP contribution is 2.22. The van der Waals surface area contributed by atoms with Gasteiger partial charge in [0.05, 0.1) is 0 Å². The van der Waals surface area contributed by atoms with Gasteiger partial charge in [-0.3, -0.25) is 9.59 Å². The number of hydrogen-bond acceptors (Lipinski definition) is 3. The lowest BCUT2D eigenvalue weighted by Gasteiger charge is -2.31. The summed E-state index contributed by atoms with van der Waals surface area (Å²) >= 11 is 13.6. The number of rotatable bonds is 12. The minimum atomic E-state index is -0.499. The van der Waals surface area contributed by atoms with Gasteiger partial charge >= 0.3 is 0 Å². The molecule has 7 heteroatoms. The summed E-state index contributed by atoms with van der Waals surface area (Å²) < 4.78 is 0. The third kappa shape index (κ3) is 9.05. The monoisotopic (exact) mass is 494 g/mol. The van der Waals surface area contributed by atoms with Crippen molar-refractivity contribution < 1.29 is 9.59 Å². The predicted octanol–water partition coefficient (Wildman–Crippen LogP) is 6.45. The maximum Gasteiger partial charge on any atom is 0.242 e. The number of benzene rings is 2. The Morgan fingerprint density at radius 1 is 1.00 bits per heavy atom. The second-order valence-electron chi connectivity index (χ2n) is 8.12. The zero-order valence-corrected chi connectivity index (χ0v) is 21.3. The highest BCUT2D eigenvalue weighted by atomic mass is 35.5. The molecule has 174 valence electrons. The summed E-state index contributed by atoms with van der Waals surface area (Å²) in [5.74, 6) is 1.06. The third-order valence-electron chi connectivity index (χ3n) is 4.95. The predicted molar refractivity (Wildman–Crippen MR) is 135 cm³/mol. The molecular weight excluding hydrogens is 463 g/mol. The lowest BCUT2D eigenvalue weighted by Crippen LogP contribution is -2.49. The first-order valence-corrected chi connectivity index (χ1v) is 12.7. The van der Waals surface area contributed by atoms with Crippen LogP contribution in [0.2, 0.25) is 10.0 Å². The van der Waals surface area contributed by atoms with Gasteiger partial charge in [0.25, 0.3) is 0 Å². The summed E-state index contributed by atoms with van der Waals surface area (Å²) in [5, 5.41) is 4.35. The Labute approximate surface area is 206 Å². The second-order valence-corrected chi connectivity index (χ2v) is 10.2. The van der Waals surface area contributed by atoms with Crippen molar-refractivity contribution in [1.82, 2.24) is 10.2 Å². The van der Waals surface area contributed by atoms with Gasteiger partial charge in [0.15, 0.2) is 0 Å². The molecule has 0 aliphatic rings. The van der Waals surface area contributed by atoms with Gasteiger partial charge in [-0.15, -0.1) is 11.8 Å². The number of halogens is 2. The molecular formula is C25H32Cl2N2O2S. The minimum Gasteiger partial charge on any atom is -0.354 e. The van der Waals surface area contributed by atoms with Crippen LogP contribution < -0.4 is 5.32 Å². The van der Waals surface area contributed by atoms with E-state index in [0.717, 1.165) is 22.6 Å². The maximum atomic E-state index is 13.2. The Morgan fingerprint density at radius 2 is 1.59 bits per heavy atom. The molecule has 2 rings (SSSR count). The average Bonchev–Trinajstić information content (AvgIpc) is 2.77. The fourth-order valence-electron chi connectivity index (χ4n) is 3.22. The SMILES string of the molecule is CC[C@@H](C(=O)NCC(C)C)N(Cc1ccc(Cl)cc1)C(=O)CCCSc1ccc(Cl)cc1. The van der Waals surface area contributed by atoms with E-state index in [1.807, 2.05) is 55.5 Å². The van der Waals surface area contributed by atoms with Crippen LogP contribution in [0.5, 0.6) is 0 Å². The van der Waals surface area contributed by atoms with E-state index in [4.69, 9.17) is 23.2 Å². The molecule has 2 aromatic rings. The van der Waals surface area contributed by atoms with Crippen molar-refractivity contribution in [2.45, 2.75) is 57.5 Å². The Bertz CT molecular complexity index is 857. The molecule has 2 aromatic carbocycles. The fourth-order valence-corrected chi connectivity index (χ4v) is 4.32. The first-order valence-electron chi connectivity index (χ1n) is 11.0. The smallest absolute Gasteiger partial charge is 0.242 e. The molecule has 0 saturated carbocycles. The molecule has 0 aliphatic carbocycles. The van der Waals surface area contributed by atoms with Gasteiger partial charge in [-0.25, -0.2) is 0 Å². The molecule has 0 unspecified atom stereocenters. The van der Waals surface area contributed by atoms with Crippen molar-refractivity contribution in [3.05, 3.63) is 64.1 Å². The largest absolute Gasteiger partial charge is 0.354 e. The van der Waals surface area contributed by atoms with Gasteiger partial charge in [-0.05, 0) is 66.5 Å². The summed E-state index contributed by atoms with van der Waals surface area (Å²) in [6, 6.07) is 14.6. The fraction of sp³-hybridized carbons (Fsp3) is 0.440. The molecule has 0 aromatic heterocycles. The summed E-state index contributed by atoms with van der Waals surface area (Å²) in [6.07, 6.45) is 1.68. The number of nitrogens with zero attached hydrogens (tertiary/aromatic N) is 1. The van der Waals surface area contributed by atoms with Crippen molar-refractivity contribution in [3.8, 4) is 0 Å². The van der Waals surface area contributed by atoms with E-state index in [-0.39, 0.29) is 11.8 Å². The number of hydrogen-bond donors (Lipinski definition) is 1. The molecule has 0 bridgehead atoms. The van der Waals surface area contributed by atoms with Gasteiger partial charge in [0, 0.05) is 34.5 Å². The molecule has 2 amide bonds. The van der Waals surface area contributed by atoms with E-state index in [1.54, 1.807) is 16.7 Å². The lowest BCUT2D eigenvalue weighted by molar-refractivity contribution is -0.141. The molecule has 1 N–H and O–H groups in total. The Kier molecular flexibility index (Phi) is 11.4. The zero-order chi connectivity index (χ0) is 23.5. The van der Waals surface area contributed by atoms with E-state index in [0.29, 0.717) is 41.9 Å². The molecule has 32 heavy (non-hydrogen) atoms. The highest BCUT2D eigenvalue weighted by Gasteiger charge is 2.28. The van der Waals surface area contributed by atoms with Gasteiger partial charge < -0.3 is 10.2 Å². The van der Waals surface area contributed by atoms with Crippen LogP contribution in [0.1, 0.15) is 45.6 Å². The van der Waals surface area contributed by atoms with Crippen molar-refractivity contribution in [2.24, 2.45) is 5.92 Å². The van der Waals surface area contributed by atoms with Crippen LogP contribution in [0.25, 0.3) is 0 Å². The van der Waals surface area contributed by atoms with Crippen molar-refractivity contribution >= 4 is 46.8 Å². The van der Waals surface area contributed by atoms with Crippen LogP contribution in [-0.2, 0) is 16.1 Å². The minimum absolute atomic E-state index is 0.0109. The van der Waals surface area contributed by atoms with E-state index < -0.39 is 6.04 Å². The Morgan fingerprint density at radius 3 is 2.16 bits per heavy atom. The van der Waals surface area contributed by atoms with Crippen LogP contribution in [0.3, 0.4) is 0 Å². The zero-order valence-electron chi connectivity index (χ0n) is 18.9. The topological polar surface area (TPSA) is 49.4 Å². The van der Waals surface area contributed by atoms with Crippen LogP contribution in [0, 0.1) is 5.92 Å². The summed E-state index contributed by atoms with van der Waals surface area (Å²) in [5.41, 5.74) is 0.952. The summed E-state index contributed by atoms with van der Waals surface area (Å²) in [7, 11) is 0. The molecule has 0 spiro atoms. The molecule has 1 atom stereocenters. The first-order chi connectivity index (χ1) is 15.3. The standard InChI is InChI=1S/C25H32Cl2N2O2S/c1-4-23(25(31)28-16-18(2)3)29(17-19-7-9-20(26)10-8-19)24(30)6-5-15-32-22-13-11-21(27)12-14-22/h7-14,18,23H,4-6,15-17H2,1-3H3,(H,28,31)/t23-/m0/s1. The molecule has 0 fully saturated rings. The van der Waals surface area contributed by atoms with E-state index in [9.17, 15) is 9.59 Å². The van der Waals surface area contributed by atoms with Gasteiger partial charge in [-0.2, -0.15) is 0 Å². The molecule has 4 nitrogen and oxygen atoms in total. The van der Waals surface area contributed by atoms with E-state index >= 15 is 0 Å². The van der Waals surface area contributed by atoms with Crippen molar-refractivity contribution in [1.29, 1.82) is 0 Å². The molecule has 0 radical (unpaired) electrons.